The molecule has 0 saturated carbocycles. The van der Waals surface area contributed by atoms with Crippen LogP contribution in [0, 0.1) is 6.92 Å². The van der Waals surface area contributed by atoms with Gasteiger partial charge in [0.25, 0.3) is 0 Å². The number of fused-ring (bicyclic) bond motifs is 1. The summed E-state index contributed by atoms with van der Waals surface area (Å²) >= 11 is 1.68. The maximum absolute atomic E-state index is 12.4. The van der Waals surface area contributed by atoms with E-state index in [0.29, 0.717) is 19.6 Å². The molecule has 0 spiro atoms. The standard InChI is InChI=1S/C20H21N3O2S/c1-14-12-22-19(26-14)7-9-21-20(24)23-10-8-16-11-17(25-18(16)13-23)15-5-3-2-4-6-15/h2-6,11-12H,7-10,13H2,1H3,(H,21,24). The molecule has 1 aromatic carbocycles. The first-order valence-corrected chi connectivity index (χ1v) is 9.62. The number of carbonyl (C=O) groups excluding carboxylic acids is 1. The van der Waals surface area contributed by atoms with Crippen molar-refractivity contribution < 1.29 is 9.21 Å². The Morgan fingerprint density at radius 3 is 2.96 bits per heavy atom. The number of carbonyl (C=O) groups is 1. The molecule has 0 saturated heterocycles. The van der Waals surface area contributed by atoms with E-state index in [1.807, 2.05) is 48.4 Å². The van der Waals surface area contributed by atoms with Crippen LogP contribution in [0.3, 0.4) is 0 Å². The highest BCUT2D eigenvalue weighted by Crippen LogP contribution is 2.29. The minimum absolute atomic E-state index is 0.0402. The second kappa shape index (κ2) is 7.33. The molecule has 3 heterocycles. The lowest BCUT2D eigenvalue weighted by atomic mass is 10.1. The first kappa shape index (κ1) is 16.8. The molecule has 1 aliphatic heterocycles. The van der Waals surface area contributed by atoms with Crippen LogP contribution in [-0.4, -0.2) is 29.0 Å². The number of nitrogens with zero attached hydrogens (tertiary/aromatic N) is 2. The molecule has 1 N–H and O–H groups in total. The molecule has 0 aliphatic carbocycles. The lowest BCUT2D eigenvalue weighted by molar-refractivity contribution is 0.186. The zero-order valence-corrected chi connectivity index (χ0v) is 15.5. The van der Waals surface area contributed by atoms with Crippen LogP contribution in [0.5, 0.6) is 0 Å². The molecule has 0 atom stereocenters. The molecule has 2 aromatic heterocycles. The van der Waals surface area contributed by atoms with E-state index in [1.54, 1.807) is 11.3 Å². The van der Waals surface area contributed by atoms with Crippen molar-refractivity contribution in [1.29, 1.82) is 0 Å². The molecule has 3 aromatic rings. The van der Waals surface area contributed by atoms with Gasteiger partial charge in [-0.05, 0) is 25.0 Å². The minimum atomic E-state index is -0.0402. The minimum Gasteiger partial charge on any atom is -0.459 e. The molecule has 0 fully saturated rings. The summed E-state index contributed by atoms with van der Waals surface area (Å²) in [7, 11) is 0. The summed E-state index contributed by atoms with van der Waals surface area (Å²) in [6, 6.07) is 12.1. The molecule has 2 amide bonds. The van der Waals surface area contributed by atoms with Crippen LogP contribution in [0.1, 0.15) is 21.2 Å². The second-order valence-electron chi connectivity index (χ2n) is 6.44. The normalized spacial score (nSPS) is 13.5. The van der Waals surface area contributed by atoms with Gasteiger partial charge in [0.1, 0.15) is 11.5 Å². The van der Waals surface area contributed by atoms with Crippen LogP contribution < -0.4 is 5.32 Å². The number of furan rings is 1. The third kappa shape index (κ3) is 3.65. The van der Waals surface area contributed by atoms with Crippen LogP contribution in [0.25, 0.3) is 11.3 Å². The number of rotatable bonds is 4. The van der Waals surface area contributed by atoms with Crippen LogP contribution in [0.15, 0.2) is 47.0 Å². The quantitative estimate of drug-likeness (QED) is 0.758. The van der Waals surface area contributed by atoms with Gasteiger partial charge in [0.05, 0.1) is 11.6 Å². The second-order valence-corrected chi connectivity index (χ2v) is 7.76. The summed E-state index contributed by atoms with van der Waals surface area (Å²) < 4.78 is 6.02. The van der Waals surface area contributed by atoms with E-state index in [0.717, 1.165) is 34.9 Å². The predicted octanol–water partition coefficient (Wildman–Crippen LogP) is 4.02. The van der Waals surface area contributed by atoms with Crippen molar-refractivity contribution in [3.05, 3.63) is 63.8 Å². The van der Waals surface area contributed by atoms with E-state index in [2.05, 4.69) is 16.4 Å². The molecular weight excluding hydrogens is 346 g/mol. The highest BCUT2D eigenvalue weighted by molar-refractivity contribution is 7.11. The third-order valence-electron chi connectivity index (χ3n) is 4.51. The summed E-state index contributed by atoms with van der Waals surface area (Å²) in [6.07, 6.45) is 3.46. The number of hydrogen-bond acceptors (Lipinski definition) is 4. The molecule has 4 rings (SSSR count). The van der Waals surface area contributed by atoms with Gasteiger partial charge >= 0.3 is 6.03 Å². The first-order valence-electron chi connectivity index (χ1n) is 8.80. The summed E-state index contributed by atoms with van der Waals surface area (Å²) in [5.41, 5.74) is 2.27. The monoisotopic (exact) mass is 367 g/mol. The van der Waals surface area contributed by atoms with Gasteiger partial charge in [0.15, 0.2) is 0 Å². The lowest BCUT2D eigenvalue weighted by Crippen LogP contribution is -2.43. The van der Waals surface area contributed by atoms with Gasteiger partial charge in [-0.2, -0.15) is 0 Å². The average molecular weight is 367 g/mol. The van der Waals surface area contributed by atoms with Crippen molar-refractivity contribution in [3.8, 4) is 11.3 Å². The topological polar surface area (TPSA) is 58.4 Å². The number of aryl methyl sites for hydroxylation is 1. The summed E-state index contributed by atoms with van der Waals surface area (Å²) in [5, 5.41) is 4.05. The Morgan fingerprint density at radius 2 is 2.19 bits per heavy atom. The van der Waals surface area contributed by atoms with Crippen molar-refractivity contribution in [2.24, 2.45) is 0 Å². The molecule has 6 heteroatoms. The number of urea groups is 1. The maximum atomic E-state index is 12.4. The van der Waals surface area contributed by atoms with E-state index in [4.69, 9.17) is 4.42 Å². The van der Waals surface area contributed by atoms with E-state index < -0.39 is 0 Å². The van der Waals surface area contributed by atoms with Crippen molar-refractivity contribution in [2.75, 3.05) is 13.1 Å². The van der Waals surface area contributed by atoms with E-state index >= 15 is 0 Å². The van der Waals surface area contributed by atoms with Gasteiger partial charge < -0.3 is 14.6 Å². The van der Waals surface area contributed by atoms with Gasteiger partial charge in [-0.25, -0.2) is 9.78 Å². The fourth-order valence-corrected chi connectivity index (χ4v) is 3.93. The van der Waals surface area contributed by atoms with Gasteiger partial charge in [-0.3, -0.25) is 0 Å². The SMILES string of the molecule is Cc1cnc(CCNC(=O)N2CCc3cc(-c4ccccc4)oc3C2)s1. The van der Waals surface area contributed by atoms with E-state index in [-0.39, 0.29) is 6.03 Å². The van der Waals surface area contributed by atoms with Crippen molar-refractivity contribution in [1.82, 2.24) is 15.2 Å². The van der Waals surface area contributed by atoms with Crippen LogP contribution >= 0.6 is 11.3 Å². The number of nitrogens with one attached hydrogen (secondary N) is 1. The smallest absolute Gasteiger partial charge is 0.317 e. The number of hydrogen-bond donors (Lipinski definition) is 1. The molecule has 134 valence electrons. The molecule has 0 bridgehead atoms. The molecule has 1 aliphatic rings. The Kier molecular flexibility index (Phi) is 4.75. The zero-order valence-electron chi connectivity index (χ0n) is 14.7. The highest BCUT2D eigenvalue weighted by Gasteiger charge is 2.24. The molecule has 26 heavy (non-hydrogen) atoms. The fraction of sp³-hybridized carbons (Fsp3) is 0.300. The highest BCUT2D eigenvalue weighted by atomic mass is 32.1. The number of thiazole rings is 1. The zero-order chi connectivity index (χ0) is 17.9. The van der Waals surface area contributed by atoms with Gasteiger partial charge in [0, 0.05) is 36.1 Å². The Hall–Kier alpha value is -2.60. The predicted molar refractivity (Wildman–Crippen MR) is 102 cm³/mol. The number of benzene rings is 1. The van der Waals surface area contributed by atoms with Crippen LogP contribution in [0.2, 0.25) is 0 Å². The van der Waals surface area contributed by atoms with E-state index in [1.165, 1.54) is 10.4 Å². The van der Waals surface area contributed by atoms with Crippen LogP contribution in [-0.2, 0) is 19.4 Å². The first-order chi connectivity index (χ1) is 12.7. The number of aromatic nitrogens is 1. The summed E-state index contributed by atoms with van der Waals surface area (Å²) in [6.45, 7) is 3.87. The number of amides is 2. The van der Waals surface area contributed by atoms with Gasteiger partial charge in [-0.1, -0.05) is 30.3 Å². The largest absolute Gasteiger partial charge is 0.459 e. The summed E-state index contributed by atoms with van der Waals surface area (Å²) in [5.74, 6) is 1.76. The average Bonchev–Trinajstić information content (AvgIpc) is 3.27. The van der Waals surface area contributed by atoms with E-state index in [9.17, 15) is 4.79 Å². The van der Waals surface area contributed by atoms with Gasteiger partial charge in [0.2, 0.25) is 0 Å². The Labute approximate surface area is 156 Å². The molecular formula is C20H21N3O2S. The molecule has 5 nitrogen and oxygen atoms in total. The fourth-order valence-electron chi connectivity index (χ4n) is 3.14. The lowest BCUT2D eigenvalue weighted by Gasteiger charge is -2.26. The van der Waals surface area contributed by atoms with Crippen molar-refractivity contribution >= 4 is 17.4 Å². The molecule has 0 radical (unpaired) electrons. The Morgan fingerprint density at radius 1 is 1.35 bits per heavy atom. The van der Waals surface area contributed by atoms with Crippen molar-refractivity contribution in [2.45, 2.75) is 26.3 Å². The maximum Gasteiger partial charge on any atom is 0.317 e. The Balaban J connectivity index is 1.35. The van der Waals surface area contributed by atoms with Gasteiger partial charge in [-0.15, -0.1) is 11.3 Å². The molecule has 0 unspecified atom stereocenters. The third-order valence-corrected chi connectivity index (χ3v) is 5.48. The van der Waals surface area contributed by atoms with Crippen LogP contribution in [0.4, 0.5) is 4.79 Å². The summed E-state index contributed by atoms with van der Waals surface area (Å²) in [4.78, 5) is 19.8. The van der Waals surface area contributed by atoms with Crippen molar-refractivity contribution in [3.63, 3.8) is 0 Å². The Bertz CT molecular complexity index is 901.